The van der Waals surface area contributed by atoms with Gasteiger partial charge in [-0.15, -0.1) is 0 Å². The summed E-state index contributed by atoms with van der Waals surface area (Å²) in [4.78, 5) is 28.6. The van der Waals surface area contributed by atoms with Gasteiger partial charge in [-0.2, -0.15) is 0 Å². The van der Waals surface area contributed by atoms with E-state index in [2.05, 4.69) is 16.4 Å². The highest BCUT2D eigenvalue weighted by Gasteiger charge is 2.24. The van der Waals surface area contributed by atoms with Crippen molar-refractivity contribution >= 4 is 11.9 Å². The van der Waals surface area contributed by atoms with Crippen LogP contribution in [0.2, 0.25) is 0 Å². The number of ether oxygens (including phenoxy) is 2. The molecule has 1 N–H and O–H groups in total. The minimum absolute atomic E-state index is 0.146. The molecule has 3 aromatic rings. The Bertz CT molecular complexity index is 1110. The van der Waals surface area contributed by atoms with Gasteiger partial charge in [0.25, 0.3) is 5.91 Å². The van der Waals surface area contributed by atoms with Gasteiger partial charge in [0, 0.05) is 23.7 Å². The third-order valence-corrected chi connectivity index (χ3v) is 5.12. The standard InChI is InChI=1S/C24H22N2O4/c1-15-5-4-10-25-22(15)16-8-9-21-19(11-16)13-20(30-21)14-26-23(27)17-6-3-7-18(12-17)24(28)29-2/h3-12,20H,13-14H2,1-2H3,(H,26,27)/t20-/m1/s1. The van der Waals surface area contributed by atoms with Crippen molar-refractivity contribution in [3.63, 3.8) is 0 Å². The van der Waals surface area contributed by atoms with Gasteiger partial charge in [0.15, 0.2) is 0 Å². The maximum absolute atomic E-state index is 12.5. The number of hydrogen-bond donors (Lipinski definition) is 1. The topological polar surface area (TPSA) is 77.5 Å². The van der Waals surface area contributed by atoms with Crippen LogP contribution in [0.1, 0.15) is 31.8 Å². The number of methoxy groups -OCH3 is 1. The van der Waals surface area contributed by atoms with E-state index in [-0.39, 0.29) is 12.0 Å². The van der Waals surface area contributed by atoms with E-state index in [1.807, 2.05) is 31.2 Å². The highest BCUT2D eigenvalue weighted by molar-refractivity contribution is 5.97. The summed E-state index contributed by atoms with van der Waals surface area (Å²) < 4.78 is 10.7. The number of benzene rings is 2. The molecule has 0 bridgehead atoms. The second-order valence-corrected chi connectivity index (χ2v) is 7.22. The van der Waals surface area contributed by atoms with Gasteiger partial charge in [0.05, 0.1) is 24.9 Å². The second kappa shape index (κ2) is 8.37. The number of aromatic nitrogens is 1. The van der Waals surface area contributed by atoms with Crippen LogP contribution in [0.25, 0.3) is 11.3 Å². The molecule has 1 amide bonds. The maximum atomic E-state index is 12.5. The zero-order chi connectivity index (χ0) is 21.1. The van der Waals surface area contributed by atoms with E-state index in [0.29, 0.717) is 24.1 Å². The molecular formula is C24H22N2O4. The number of hydrogen-bond acceptors (Lipinski definition) is 5. The molecule has 0 fully saturated rings. The number of nitrogens with one attached hydrogen (secondary N) is 1. The van der Waals surface area contributed by atoms with Crippen LogP contribution in [-0.2, 0) is 11.2 Å². The van der Waals surface area contributed by atoms with Gasteiger partial charge in [-0.1, -0.05) is 12.1 Å². The highest BCUT2D eigenvalue weighted by Crippen LogP contribution is 2.33. The second-order valence-electron chi connectivity index (χ2n) is 7.22. The van der Waals surface area contributed by atoms with Crippen LogP contribution in [0.3, 0.4) is 0 Å². The molecule has 6 nitrogen and oxygen atoms in total. The van der Waals surface area contributed by atoms with Crippen LogP contribution in [0.4, 0.5) is 0 Å². The Morgan fingerprint density at radius 2 is 1.97 bits per heavy atom. The van der Waals surface area contributed by atoms with Crippen molar-refractivity contribution in [3.8, 4) is 17.0 Å². The summed E-state index contributed by atoms with van der Waals surface area (Å²) in [5.41, 5.74) is 4.98. The van der Waals surface area contributed by atoms with Crippen molar-refractivity contribution in [1.29, 1.82) is 0 Å². The molecule has 0 saturated carbocycles. The van der Waals surface area contributed by atoms with Crippen molar-refractivity contribution in [2.45, 2.75) is 19.4 Å². The SMILES string of the molecule is COC(=O)c1cccc(C(=O)NC[C@H]2Cc3cc(-c4ncccc4C)ccc3O2)c1. The average molecular weight is 402 g/mol. The lowest BCUT2D eigenvalue weighted by atomic mass is 10.0. The lowest BCUT2D eigenvalue weighted by Crippen LogP contribution is -2.34. The lowest BCUT2D eigenvalue weighted by Gasteiger charge is -2.12. The van der Waals surface area contributed by atoms with Gasteiger partial charge in [-0.05, 0) is 60.5 Å². The lowest BCUT2D eigenvalue weighted by molar-refractivity contribution is 0.0600. The van der Waals surface area contributed by atoms with E-state index in [0.717, 1.165) is 28.1 Å². The van der Waals surface area contributed by atoms with Crippen molar-refractivity contribution in [2.75, 3.05) is 13.7 Å². The molecule has 6 heteroatoms. The molecule has 4 rings (SSSR count). The van der Waals surface area contributed by atoms with E-state index >= 15 is 0 Å². The quantitative estimate of drug-likeness (QED) is 0.660. The van der Waals surface area contributed by atoms with Gasteiger partial charge in [0.1, 0.15) is 11.9 Å². The predicted molar refractivity (Wildman–Crippen MR) is 113 cm³/mol. The number of fused-ring (bicyclic) bond motifs is 1. The number of aryl methyl sites for hydroxylation is 1. The molecule has 0 spiro atoms. The molecule has 1 aliphatic rings. The first-order valence-electron chi connectivity index (χ1n) is 9.73. The van der Waals surface area contributed by atoms with Gasteiger partial charge >= 0.3 is 5.97 Å². The average Bonchev–Trinajstić information content (AvgIpc) is 3.19. The van der Waals surface area contributed by atoms with Gasteiger partial charge in [-0.25, -0.2) is 4.79 Å². The Kier molecular flexibility index (Phi) is 5.48. The third kappa shape index (κ3) is 4.03. The smallest absolute Gasteiger partial charge is 0.337 e. The number of esters is 1. The minimum Gasteiger partial charge on any atom is -0.488 e. The number of carbonyl (C=O) groups is 2. The molecule has 1 atom stereocenters. The van der Waals surface area contributed by atoms with Crippen LogP contribution >= 0.6 is 0 Å². The maximum Gasteiger partial charge on any atom is 0.337 e. The first-order valence-corrected chi connectivity index (χ1v) is 9.73. The molecule has 1 aliphatic heterocycles. The van der Waals surface area contributed by atoms with Crippen molar-refractivity contribution < 1.29 is 19.1 Å². The molecule has 1 aromatic heterocycles. The fraction of sp³-hybridized carbons (Fsp3) is 0.208. The summed E-state index contributed by atoms with van der Waals surface area (Å²) >= 11 is 0. The summed E-state index contributed by atoms with van der Waals surface area (Å²) in [6, 6.07) is 16.5. The third-order valence-electron chi connectivity index (χ3n) is 5.12. The monoisotopic (exact) mass is 402 g/mol. The fourth-order valence-corrected chi connectivity index (χ4v) is 3.58. The summed E-state index contributed by atoms with van der Waals surface area (Å²) in [5, 5.41) is 2.89. The largest absolute Gasteiger partial charge is 0.488 e. The first kappa shape index (κ1) is 19.6. The van der Waals surface area contributed by atoms with E-state index in [1.54, 1.807) is 24.4 Å². The Labute approximate surface area is 174 Å². The molecule has 0 unspecified atom stereocenters. The number of pyridine rings is 1. The summed E-state index contributed by atoms with van der Waals surface area (Å²) in [7, 11) is 1.31. The number of nitrogens with zero attached hydrogens (tertiary/aromatic N) is 1. The van der Waals surface area contributed by atoms with E-state index in [1.165, 1.54) is 13.2 Å². The Morgan fingerprint density at radius 3 is 2.77 bits per heavy atom. The van der Waals surface area contributed by atoms with E-state index in [4.69, 9.17) is 9.47 Å². The van der Waals surface area contributed by atoms with Gasteiger partial charge in [-0.3, -0.25) is 9.78 Å². The molecule has 0 aliphatic carbocycles. The normalized spacial score (nSPS) is 14.5. The van der Waals surface area contributed by atoms with Gasteiger partial charge < -0.3 is 14.8 Å². The van der Waals surface area contributed by atoms with Crippen LogP contribution in [0.15, 0.2) is 60.8 Å². The number of amides is 1. The molecule has 152 valence electrons. The minimum atomic E-state index is -0.474. The zero-order valence-electron chi connectivity index (χ0n) is 16.8. The molecule has 2 aromatic carbocycles. The molecule has 0 radical (unpaired) electrons. The Hall–Kier alpha value is -3.67. The van der Waals surface area contributed by atoms with Gasteiger partial charge in [0.2, 0.25) is 0 Å². The van der Waals surface area contributed by atoms with Crippen LogP contribution in [0.5, 0.6) is 5.75 Å². The van der Waals surface area contributed by atoms with Crippen LogP contribution < -0.4 is 10.1 Å². The summed E-state index contributed by atoms with van der Waals surface area (Å²) in [5.74, 6) is 0.0996. The molecule has 30 heavy (non-hydrogen) atoms. The summed E-state index contributed by atoms with van der Waals surface area (Å²) in [6.45, 7) is 2.41. The van der Waals surface area contributed by atoms with Crippen LogP contribution in [-0.4, -0.2) is 36.6 Å². The fourth-order valence-electron chi connectivity index (χ4n) is 3.58. The van der Waals surface area contributed by atoms with Crippen LogP contribution in [0, 0.1) is 6.92 Å². The number of carbonyl (C=O) groups excluding carboxylic acids is 2. The zero-order valence-corrected chi connectivity index (χ0v) is 16.8. The molecular weight excluding hydrogens is 380 g/mol. The summed E-state index contributed by atoms with van der Waals surface area (Å²) in [6.07, 6.45) is 2.35. The first-order chi connectivity index (χ1) is 14.5. The predicted octanol–water partition coefficient (Wildman–Crippen LogP) is 3.58. The van der Waals surface area contributed by atoms with E-state index < -0.39 is 5.97 Å². The Morgan fingerprint density at radius 1 is 1.13 bits per heavy atom. The van der Waals surface area contributed by atoms with Crippen molar-refractivity contribution in [2.24, 2.45) is 0 Å². The van der Waals surface area contributed by atoms with E-state index in [9.17, 15) is 9.59 Å². The number of rotatable bonds is 5. The molecule has 2 heterocycles. The van der Waals surface area contributed by atoms with Crippen molar-refractivity contribution in [1.82, 2.24) is 10.3 Å². The Balaban J connectivity index is 1.40. The highest BCUT2D eigenvalue weighted by atomic mass is 16.5. The van der Waals surface area contributed by atoms with Crippen molar-refractivity contribution in [3.05, 3.63) is 83.0 Å². The molecule has 0 saturated heterocycles.